The second kappa shape index (κ2) is 15.0. The van der Waals surface area contributed by atoms with Gasteiger partial charge in [0.15, 0.2) is 11.5 Å². The maximum Gasteiger partial charge on any atom is 0.310 e. The fourth-order valence-corrected chi connectivity index (χ4v) is 4.89. The van der Waals surface area contributed by atoms with Crippen molar-refractivity contribution in [3.8, 4) is 23.0 Å². The summed E-state index contributed by atoms with van der Waals surface area (Å²) in [4.78, 5) is 24.2. The number of rotatable bonds is 15. The van der Waals surface area contributed by atoms with Crippen LogP contribution in [0.5, 0.6) is 23.0 Å². The minimum Gasteiger partial charge on any atom is -0.493 e. The highest BCUT2D eigenvalue weighted by molar-refractivity contribution is 5.94. The molecule has 7 heteroatoms. The van der Waals surface area contributed by atoms with Crippen LogP contribution < -0.4 is 19.5 Å². The molecule has 0 saturated heterocycles. The molecule has 0 aliphatic heterocycles. The first-order chi connectivity index (χ1) is 19.3. The van der Waals surface area contributed by atoms with Gasteiger partial charge in [-0.2, -0.15) is 0 Å². The van der Waals surface area contributed by atoms with E-state index in [1.807, 2.05) is 25.1 Å². The molecular weight excluding hydrogens is 506 g/mol. The molecule has 0 aromatic heterocycles. The fraction of sp³-hybridized carbons (Fsp3) is 0.394. The monoisotopic (exact) mass is 547 g/mol. The average Bonchev–Trinajstić information content (AvgIpc) is 2.96. The van der Waals surface area contributed by atoms with Crippen molar-refractivity contribution < 1.29 is 28.9 Å². The van der Waals surface area contributed by atoms with Crippen molar-refractivity contribution in [2.45, 2.75) is 58.8 Å². The van der Waals surface area contributed by atoms with E-state index >= 15 is 0 Å². The fourth-order valence-electron chi connectivity index (χ4n) is 4.89. The summed E-state index contributed by atoms with van der Waals surface area (Å²) in [5.41, 5.74) is 3.27. The molecule has 214 valence electrons. The van der Waals surface area contributed by atoms with Crippen LogP contribution in [0, 0.1) is 12.8 Å². The number of carboxylic acids is 1. The molecule has 0 heterocycles. The molecule has 0 bridgehead atoms. The largest absolute Gasteiger partial charge is 0.493 e. The summed E-state index contributed by atoms with van der Waals surface area (Å²) in [5, 5.41) is 12.4. The van der Waals surface area contributed by atoms with Crippen LogP contribution in [0.1, 0.15) is 72.5 Å². The zero-order valence-corrected chi connectivity index (χ0v) is 24.2. The molecule has 0 radical (unpaired) electrons. The number of hydrogen-bond donors (Lipinski definition) is 2. The lowest BCUT2D eigenvalue weighted by molar-refractivity contribution is -0.138. The number of amides is 1. The molecule has 0 saturated carbocycles. The number of methoxy groups -OCH3 is 2. The number of carboxylic acid groups (broad SMARTS) is 1. The van der Waals surface area contributed by atoms with E-state index in [0.29, 0.717) is 35.1 Å². The molecule has 0 aliphatic rings. The Morgan fingerprint density at radius 1 is 0.900 bits per heavy atom. The van der Waals surface area contributed by atoms with Gasteiger partial charge in [0.1, 0.15) is 11.5 Å². The Kier molecular flexibility index (Phi) is 11.4. The van der Waals surface area contributed by atoms with Crippen LogP contribution >= 0.6 is 0 Å². The quantitative estimate of drug-likeness (QED) is 0.210. The Labute approximate surface area is 237 Å². The molecule has 3 aromatic carbocycles. The Hall–Kier alpha value is -4.00. The van der Waals surface area contributed by atoms with Gasteiger partial charge in [0.05, 0.1) is 20.1 Å². The summed E-state index contributed by atoms with van der Waals surface area (Å²) < 4.78 is 16.8. The SMILES string of the molecule is CCCC(CCNC(=O)c1ccc(Oc2cccc(C(C)C(=O)O)c2C)cc1)CCc1ccc(OC)c(OC)c1. The van der Waals surface area contributed by atoms with Gasteiger partial charge in [0, 0.05) is 12.1 Å². The molecule has 2 unspecified atom stereocenters. The van der Waals surface area contributed by atoms with E-state index < -0.39 is 11.9 Å². The van der Waals surface area contributed by atoms with Crippen molar-refractivity contribution in [2.75, 3.05) is 20.8 Å². The number of aliphatic carboxylic acids is 1. The smallest absolute Gasteiger partial charge is 0.310 e. The first kappa shape index (κ1) is 30.5. The van der Waals surface area contributed by atoms with E-state index in [4.69, 9.17) is 14.2 Å². The summed E-state index contributed by atoms with van der Waals surface area (Å²) in [6.07, 6.45) is 5.11. The Bertz CT molecular complexity index is 1270. The normalized spacial score (nSPS) is 12.3. The highest BCUT2D eigenvalue weighted by Crippen LogP contribution is 2.31. The molecule has 0 aliphatic carbocycles. The van der Waals surface area contributed by atoms with Crippen LogP contribution in [-0.4, -0.2) is 37.7 Å². The number of carbonyl (C=O) groups is 2. The summed E-state index contributed by atoms with van der Waals surface area (Å²) in [7, 11) is 3.28. The number of carbonyl (C=O) groups excluding carboxylic acids is 1. The number of nitrogens with one attached hydrogen (secondary N) is 1. The lowest BCUT2D eigenvalue weighted by atomic mass is 9.92. The topological polar surface area (TPSA) is 94.1 Å². The van der Waals surface area contributed by atoms with Crippen molar-refractivity contribution in [1.82, 2.24) is 5.32 Å². The Morgan fingerprint density at radius 3 is 2.27 bits per heavy atom. The molecule has 3 aromatic rings. The van der Waals surface area contributed by atoms with Gasteiger partial charge >= 0.3 is 5.97 Å². The summed E-state index contributed by atoms with van der Waals surface area (Å²) >= 11 is 0. The maximum atomic E-state index is 12.8. The molecule has 40 heavy (non-hydrogen) atoms. The second-order valence-corrected chi connectivity index (χ2v) is 10.1. The molecule has 1 amide bonds. The van der Waals surface area contributed by atoms with E-state index in [-0.39, 0.29) is 5.91 Å². The number of aryl methyl sites for hydroxylation is 1. The van der Waals surface area contributed by atoms with E-state index in [2.05, 4.69) is 18.3 Å². The Balaban J connectivity index is 1.52. The third-order valence-corrected chi connectivity index (χ3v) is 7.33. The molecule has 2 atom stereocenters. The van der Waals surface area contributed by atoms with Crippen molar-refractivity contribution in [3.05, 3.63) is 82.9 Å². The van der Waals surface area contributed by atoms with E-state index in [1.54, 1.807) is 57.5 Å². The zero-order chi connectivity index (χ0) is 29.1. The average molecular weight is 548 g/mol. The summed E-state index contributed by atoms with van der Waals surface area (Å²) in [6, 6.07) is 18.4. The third-order valence-electron chi connectivity index (χ3n) is 7.33. The van der Waals surface area contributed by atoms with E-state index in [0.717, 1.165) is 49.2 Å². The molecule has 0 spiro atoms. The number of ether oxygens (including phenoxy) is 3. The standard InChI is InChI=1S/C33H41NO6/c1-6-8-24(11-12-25-13-18-30(38-4)31(21-25)39-5)19-20-34-32(35)26-14-16-27(17-15-26)40-29-10-7-9-28(22(29)2)23(3)33(36)37/h7,9-10,13-18,21,23-24H,6,8,11-12,19-20H2,1-5H3,(H,34,35)(H,36,37). The number of benzene rings is 3. The highest BCUT2D eigenvalue weighted by Gasteiger charge is 2.18. The van der Waals surface area contributed by atoms with Crippen LogP contribution in [0.2, 0.25) is 0 Å². The first-order valence-electron chi connectivity index (χ1n) is 13.9. The van der Waals surface area contributed by atoms with Gasteiger partial charge in [0.2, 0.25) is 0 Å². The van der Waals surface area contributed by atoms with Crippen LogP contribution in [-0.2, 0) is 11.2 Å². The molecule has 7 nitrogen and oxygen atoms in total. The van der Waals surface area contributed by atoms with Crippen LogP contribution in [0.15, 0.2) is 60.7 Å². The van der Waals surface area contributed by atoms with Gasteiger partial charge in [-0.1, -0.05) is 38.0 Å². The molecule has 2 N–H and O–H groups in total. The van der Waals surface area contributed by atoms with Crippen molar-refractivity contribution >= 4 is 11.9 Å². The number of hydrogen-bond acceptors (Lipinski definition) is 5. The lowest BCUT2D eigenvalue weighted by Crippen LogP contribution is -2.26. The van der Waals surface area contributed by atoms with Crippen molar-refractivity contribution in [2.24, 2.45) is 5.92 Å². The summed E-state index contributed by atoms with van der Waals surface area (Å²) in [5.74, 6) is 1.54. The first-order valence-corrected chi connectivity index (χ1v) is 13.9. The van der Waals surface area contributed by atoms with Crippen LogP contribution in [0.4, 0.5) is 0 Å². The molecule has 3 rings (SSSR count). The van der Waals surface area contributed by atoms with Gasteiger partial charge in [-0.25, -0.2) is 0 Å². The van der Waals surface area contributed by atoms with Crippen LogP contribution in [0.3, 0.4) is 0 Å². The Morgan fingerprint density at radius 2 is 1.62 bits per heavy atom. The second-order valence-electron chi connectivity index (χ2n) is 10.1. The highest BCUT2D eigenvalue weighted by atomic mass is 16.5. The van der Waals surface area contributed by atoms with Gasteiger partial charge in [-0.05, 0) is 98.2 Å². The minimum absolute atomic E-state index is 0.116. The predicted molar refractivity (Wildman–Crippen MR) is 157 cm³/mol. The predicted octanol–water partition coefficient (Wildman–Crippen LogP) is 7.16. The lowest BCUT2D eigenvalue weighted by Gasteiger charge is -2.17. The van der Waals surface area contributed by atoms with Gasteiger partial charge in [-0.3, -0.25) is 9.59 Å². The van der Waals surface area contributed by atoms with Crippen LogP contribution in [0.25, 0.3) is 0 Å². The van der Waals surface area contributed by atoms with Gasteiger partial charge < -0.3 is 24.6 Å². The molecule has 0 fully saturated rings. The third kappa shape index (κ3) is 8.25. The van der Waals surface area contributed by atoms with E-state index in [1.165, 1.54) is 5.56 Å². The molecular formula is C33H41NO6. The van der Waals surface area contributed by atoms with Crippen molar-refractivity contribution in [3.63, 3.8) is 0 Å². The van der Waals surface area contributed by atoms with Gasteiger partial charge in [0.25, 0.3) is 5.91 Å². The maximum absolute atomic E-state index is 12.8. The van der Waals surface area contributed by atoms with Gasteiger partial charge in [-0.15, -0.1) is 0 Å². The minimum atomic E-state index is -0.880. The zero-order valence-electron chi connectivity index (χ0n) is 24.2. The summed E-state index contributed by atoms with van der Waals surface area (Å²) in [6.45, 7) is 6.31. The van der Waals surface area contributed by atoms with Crippen molar-refractivity contribution in [1.29, 1.82) is 0 Å². The van der Waals surface area contributed by atoms with E-state index in [9.17, 15) is 14.7 Å².